The number of aliphatic hydroxyl groups excluding tert-OH is 1. The van der Waals surface area contributed by atoms with Crippen molar-refractivity contribution >= 4 is 25.7 Å². The van der Waals surface area contributed by atoms with Crippen LogP contribution in [0, 0.1) is 23.7 Å². The zero-order valence-corrected chi connectivity index (χ0v) is 23.7. The molecule has 5 nitrogen and oxygen atoms in total. The van der Waals surface area contributed by atoms with Crippen LogP contribution in [0.5, 0.6) is 0 Å². The maximum absolute atomic E-state index is 12.5. The molecule has 6 heteroatoms. The van der Waals surface area contributed by atoms with E-state index in [0.29, 0.717) is 6.42 Å². The average molecular weight is 505 g/mol. The van der Waals surface area contributed by atoms with Gasteiger partial charge in [0.25, 0.3) is 5.78 Å². The van der Waals surface area contributed by atoms with Crippen LogP contribution < -0.4 is 0 Å². The number of carbonyl (C=O) groups is 3. The van der Waals surface area contributed by atoms with Crippen LogP contribution in [0.15, 0.2) is 24.3 Å². The van der Waals surface area contributed by atoms with Gasteiger partial charge < -0.3 is 9.53 Å². The Morgan fingerprint density at radius 1 is 0.886 bits per heavy atom. The summed E-state index contributed by atoms with van der Waals surface area (Å²) in [6.07, 6.45) is 17.8. The molecule has 2 rings (SSSR count). The molecule has 0 aromatic rings. The fourth-order valence-electron chi connectivity index (χ4n) is 5.07. The number of allylic oxidation sites excluding steroid dienone is 4. The molecule has 4 atom stereocenters. The van der Waals surface area contributed by atoms with Crippen molar-refractivity contribution in [3.8, 4) is 0 Å². The number of carbonyl (C=O) groups excluding carboxylic acids is 3. The second-order valence-electron chi connectivity index (χ2n) is 11.9. The molecule has 0 aliphatic heterocycles. The molecule has 0 aromatic heterocycles. The lowest BCUT2D eigenvalue weighted by molar-refractivity contribution is -0.149. The van der Waals surface area contributed by atoms with Gasteiger partial charge in [0.1, 0.15) is 0 Å². The highest BCUT2D eigenvalue weighted by atomic mass is 28.4. The third-order valence-electron chi connectivity index (χ3n) is 8.35. The number of fused-ring (bicyclic) bond motifs is 2. The molecule has 2 aliphatic rings. The van der Waals surface area contributed by atoms with Gasteiger partial charge >= 0.3 is 0 Å². The molecule has 1 N–H and O–H groups in total. The van der Waals surface area contributed by atoms with Gasteiger partial charge in [-0.1, -0.05) is 57.9 Å². The molecule has 198 valence electrons. The van der Waals surface area contributed by atoms with Crippen LogP contribution in [-0.4, -0.2) is 44.0 Å². The third-order valence-corrected chi connectivity index (χ3v) is 12.9. The smallest absolute Gasteiger partial charge is 0.264 e. The van der Waals surface area contributed by atoms with Crippen molar-refractivity contribution in [2.75, 3.05) is 13.2 Å². The highest BCUT2D eigenvalue weighted by molar-refractivity contribution is 6.74. The van der Waals surface area contributed by atoms with Gasteiger partial charge in [0.15, 0.2) is 8.32 Å². The van der Waals surface area contributed by atoms with Crippen molar-refractivity contribution in [1.29, 1.82) is 0 Å². The summed E-state index contributed by atoms with van der Waals surface area (Å²) in [5, 5.41) is 9.16. The molecular weight excluding hydrogens is 456 g/mol. The summed E-state index contributed by atoms with van der Waals surface area (Å²) >= 11 is 0. The number of ketones is 3. The summed E-state index contributed by atoms with van der Waals surface area (Å²) in [5.41, 5.74) is 0. The fraction of sp³-hybridized carbons (Fsp3) is 0.759. The van der Waals surface area contributed by atoms with Crippen LogP contribution in [0.4, 0.5) is 0 Å². The Morgan fingerprint density at radius 2 is 1.51 bits per heavy atom. The molecule has 0 heterocycles. The van der Waals surface area contributed by atoms with Crippen LogP contribution in [0.25, 0.3) is 0 Å². The van der Waals surface area contributed by atoms with E-state index in [1.807, 2.05) is 0 Å². The normalized spacial score (nSPS) is 25.5. The number of unbranched alkanes of at least 4 members (excludes halogenated alkanes) is 6. The number of hydrogen-bond donors (Lipinski definition) is 1. The minimum absolute atomic E-state index is 0.0250. The quantitative estimate of drug-likeness (QED) is 0.124. The van der Waals surface area contributed by atoms with E-state index in [0.717, 1.165) is 64.4 Å². The van der Waals surface area contributed by atoms with Gasteiger partial charge in [-0.2, -0.15) is 0 Å². The van der Waals surface area contributed by atoms with E-state index in [9.17, 15) is 14.4 Å². The first-order chi connectivity index (χ1) is 16.5. The van der Waals surface area contributed by atoms with E-state index in [1.54, 1.807) is 0 Å². The van der Waals surface area contributed by atoms with E-state index in [4.69, 9.17) is 9.53 Å². The summed E-state index contributed by atoms with van der Waals surface area (Å²) in [5.74, 6) is -2.37. The van der Waals surface area contributed by atoms with E-state index in [-0.39, 0.29) is 35.3 Å². The molecule has 0 aromatic carbocycles. The Hall–Kier alpha value is -1.37. The Morgan fingerprint density at radius 3 is 2.20 bits per heavy atom. The molecule has 0 saturated heterocycles. The van der Waals surface area contributed by atoms with E-state index >= 15 is 0 Å². The predicted octanol–water partition coefficient (Wildman–Crippen LogP) is 6.21. The Balaban J connectivity index is 1.80. The zero-order chi connectivity index (χ0) is 26.1. The first-order valence-electron chi connectivity index (χ1n) is 13.7. The van der Waals surface area contributed by atoms with Crippen molar-refractivity contribution in [3.05, 3.63) is 24.3 Å². The van der Waals surface area contributed by atoms with E-state index in [2.05, 4.69) is 58.2 Å². The molecule has 0 amide bonds. The summed E-state index contributed by atoms with van der Waals surface area (Å²) in [7, 11) is -1.65. The maximum atomic E-state index is 12.5. The summed E-state index contributed by atoms with van der Waals surface area (Å²) in [4.78, 5) is 37.2. The van der Waals surface area contributed by atoms with Gasteiger partial charge in [0.05, 0.1) is 0 Å². The van der Waals surface area contributed by atoms with Crippen LogP contribution in [0.1, 0.15) is 85.0 Å². The van der Waals surface area contributed by atoms with Gasteiger partial charge in [0.2, 0.25) is 11.6 Å². The van der Waals surface area contributed by atoms with Gasteiger partial charge in [0, 0.05) is 25.0 Å². The molecule has 0 radical (unpaired) electrons. The van der Waals surface area contributed by atoms with E-state index in [1.165, 1.54) is 0 Å². The number of aliphatic hydroxyl groups is 1. The molecule has 2 fully saturated rings. The van der Waals surface area contributed by atoms with Crippen molar-refractivity contribution in [2.45, 2.75) is 103 Å². The molecule has 0 spiro atoms. The standard InChI is InChI=1S/C29H48O5Si/c1-29(2,3)35(4,5)34-20-16-12-7-6-9-13-17-22-23(18-14-10-8-11-15-19-30)25-21-24(22)26(31)28(33)27(25)32/h10,13-14,17,22-25,30H,6-9,11-12,15-16,18-21H2,1-5H3/t22-,23-,24-,25-/m1/s1. The molecular formula is C29H48O5Si. The van der Waals surface area contributed by atoms with Crippen LogP contribution in [0.2, 0.25) is 18.1 Å². The lowest BCUT2D eigenvalue weighted by Crippen LogP contribution is -2.40. The summed E-state index contributed by atoms with van der Waals surface area (Å²) in [6.45, 7) is 12.4. The minimum atomic E-state index is -1.65. The van der Waals surface area contributed by atoms with Gasteiger partial charge in [-0.05, 0) is 81.3 Å². The molecule has 2 aliphatic carbocycles. The first kappa shape index (κ1) is 29.9. The molecule has 2 saturated carbocycles. The average Bonchev–Trinajstić information content (AvgIpc) is 3.12. The number of hydrogen-bond acceptors (Lipinski definition) is 5. The minimum Gasteiger partial charge on any atom is -0.417 e. The number of rotatable bonds is 15. The summed E-state index contributed by atoms with van der Waals surface area (Å²) in [6, 6.07) is 0. The van der Waals surface area contributed by atoms with Gasteiger partial charge in [-0.25, -0.2) is 0 Å². The largest absolute Gasteiger partial charge is 0.417 e. The topological polar surface area (TPSA) is 80.7 Å². The van der Waals surface area contributed by atoms with Crippen LogP contribution in [0.3, 0.4) is 0 Å². The lowest BCUT2D eigenvalue weighted by Gasteiger charge is -2.36. The van der Waals surface area contributed by atoms with Crippen molar-refractivity contribution in [1.82, 2.24) is 0 Å². The second-order valence-corrected chi connectivity index (χ2v) is 16.7. The highest BCUT2D eigenvalue weighted by Gasteiger charge is 2.55. The molecule has 2 bridgehead atoms. The zero-order valence-electron chi connectivity index (χ0n) is 22.7. The maximum Gasteiger partial charge on any atom is 0.264 e. The van der Waals surface area contributed by atoms with E-state index < -0.39 is 25.7 Å². The highest BCUT2D eigenvalue weighted by Crippen LogP contribution is 2.48. The predicted molar refractivity (Wildman–Crippen MR) is 144 cm³/mol. The Labute approximate surface area is 213 Å². The fourth-order valence-corrected chi connectivity index (χ4v) is 6.16. The third kappa shape index (κ3) is 8.33. The molecule has 0 unspecified atom stereocenters. The summed E-state index contributed by atoms with van der Waals surface area (Å²) < 4.78 is 6.25. The second kappa shape index (κ2) is 13.8. The Kier molecular flexibility index (Phi) is 11.8. The monoisotopic (exact) mass is 504 g/mol. The SMILES string of the molecule is CC(C)(C)[Si](C)(C)OCCCCCCC=C[C@@H]1[C@@H](CC=CCCCCO)[C@H]2C[C@H]1C(=O)C(=O)C2=O. The Bertz CT molecular complexity index is 776. The van der Waals surface area contributed by atoms with Crippen molar-refractivity contribution in [3.63, 3.8) is 0 Å². The van der Waals surface area contributed by atoms with Crippen LogP contribution in [-0.2, 0) is 18.8 Å². The lowest BCUT2D eigenvalue weighted by atomic mass is 9.83. The first-order valence-corrected chi connectivity index (χ1v) is 16.6. The van der Waals surface area contributed by atoms with Gasteiger partial charge in [-0.15, -0.1) is 0 Å². The van der Waals surface area contributed by atoms with Crippen molar-refractivity contribution < 1.29 is 23.9 Å². The van der Waals surface area contributed by atoms with Crippen LogP contribution >= 0.6 is 0 Å². The van der Waals surface area contributed by atoms with Gasteiger partial charge in [-0.3, -0.25) is 14.4 Å². The number of Topliss-reactive ketones (excluding diaryl/α,β-unsaturated/α-hetero) is 3. The molecule has 35 heavy (non-hydrogen) atoms. The van der Waals surface area contributed by atoms with Crippen molar-refractivity contribution in [2.24, 2.45) is 23.7 Å².